The van der Waals surface area contributed by atoms with Crippen LogP contribution in [-0.2, 0) is 24.7 Å². The summed E-state index contributed by atoms with van der Waals surface area (Å²) in [5.74, 6) is 0.735. The Morgan fingerprint density at radius 1 is 0.324 bits per heavy atom. The summed E-state index contributed by atoms with van der Waals surface area (Å²) in [5.41, 5.74) is -3.70. The molecule has 0 spiro atoms. The third-order valence-corrected chi connectivity index (χ3v) is 11.7. The molecule has 0 atom stereocenters. The lowest BCUT2D eigenvalue weighted by Crippen LogP contribution is -2.11. The summed E-state index contributed by atoms with van der Waals surface area (Å²) in [5, 5.41) is 0.331. The lowest BCUT2D eigenvalue weighted by molar-refractivity contribution is -0.144. The normalized spacial score (nSPS) is 12.5. The van der Waals surface area contributed by atoms with Crippen molar-refractivity contribution in [2.24, 2.45) is 0 Å². The molecule has 0 saturated carbocycles. The van der Waals surface area contributed by atoms with Gasteiger partial charge in [0.1, 0.15) is 0 Å². The van der Waals surface area contributed by atoms with E-state index in [0.29, 0.717) is 69.5 Å². The lowest BCUT2D eigenvalue weighted by atomic mass is 9.96. The van der Waals surface area contributed by atoms with Gasteiger partial charge in [0.25, 0.3) is 0 Å². The van der Waals surface area contributed by atoms with Gasteiger partial charge in [0.2, 0.25) is 0 Å². The van der Waals surface area contributed by atoms with Gasteiger partial charge in [-0.3, -0.25) is 4.98 Å². The van der Waals surface area contributed by atoms with E-state index in [1.807, 2.05) is 36.4 Å². The monoisotopic (exact) mass is 975 g/mol. The Balaban J connectivity index is 1.29. The molecule has 10 aromatic rings. The molecule has 0 fully saturated rings. The average molecular weight is 976 g/mol. The Morgan fingerprint density at radius 3 is 1.14 bits per heavy atom. The predicted molar refractivity (Wildman–Crippen MR) is 245 cm³/mol. The summed E-state index contributed by atoms with van der Waals surface area (Å²) >= 11 is 0. The molecule has 0 aliphatic rings. The minimum atomic E-state index is -5.18. The van der Waals surface area contributed by atoms with Gasteiger partial charge in [0, 0.05) is 39.2 Å². The zero-order valence-electron chi connectivity index (χ0n) is 36.0. The van der Waals surface area contributed by atoms with Crippen LogP contribution in [0.5, 0.6) is 0 Å². The first-order valence-corrected chi connectivity index (χ1v) is 21.3. The Morgan fingerprint density at radius 2 is 0.732 bits per heavy atom. The summed E-state index contributed by atoms with van der Waals surface area (Å²) < 4.78 is 171. The number of aromatic nitrogens is 5. The van der Waals surface area contributed by atoms with Gasteiger partial charge in [-0.15, -0.1) is 0 Å². The Hall–Kier alpha value is -8.34. The number of nitrogens with zero attached hydrogens (tertiary/aromatic N) is 5. The maximum Gasteiger partial charge on any atom is 0.416 e. The van der Waals surface area contributed by atoms with E-state index in [1.54, 1.807) is 71.4 Å². The van der Waals surface area contributed by atoms with Crippen molar-refractivity contribution < 1.29 is 52.7 Å². The van der Waals surface area contributed by atoms with Crippen molar-refractivity contribution in [3.8, 4) is 73.4 Å². The minimum Gasteiger partial charge on any atom is -0.308 e. The van der Waals surface area contributed by atoms with Gasteiger partial charge in [0.05, 0.1) is 44.7 Å². The molecular weight excluding hydrogens is 947 g/mol. The number of hydrogen-bond acceptors (Lipinski definition) is 4. The average Bonchev–Trinajstić information content (AvgIpc) is 3.68. The molecule has 10 rings (SSSR count). The third-order valence-electron chi connectivity index (χ3n) is 11.7. The molecule has 0 radical (unpaired) electrons. The Bertz CT molecular complexity index is 3380. The smallest absolute Gasteiger partial charge is 0.308 e. The molecular formula is C54H29F12N5. The Kier molecular flexibility index (Phi) is 11.3. The van der Waals surface area contributed by atoms with Crippen LogP contribution in [0.25, 0.3) is 95.2 Å². The van der Waals surface area contributed by atoms with Crippen LogP contribution in [0.1, 0.15) is 22.3 Å². The van der Waals surface area contributed by atoms with Crippen LogP contribution < -0.4 is 0 Å². The van der Waals surface area contributed by atoms with Gasteiger partial charge >= 0.3 is 24.7 Å². The van der Waals surface area contributed by atoms with E-state index >= 15 is 0 Å². The molecule has 0 N–H and O–H groups in total. The highest BCUT2D eigenvalue weighted by Gasteiger charge is 2.39. The molecule has 17 heteroatoms. The molecule has 0 amide bonds. The molecule has 3 heterocycles. The number of hydrogen-bond donors (Lipinski definition) is 0. The molecule has 354 valence electrons. The third kappa shape index (κ3) is 9.18. The molecule has 0 bridgehead atoms. The van der Waals surface area contributed by atoms with E-state index in [0.717, 1.165) is 0 Å². The number of benzene rings is 7. The van der Waals surface area contributed by atoms with Crippen molar-refractivity contribution in [3.63, 3.8) is 0 Å². The highest BCUT2D eigenvalue weighted by Crippen LogP contribution is 2.45. The number of fused-ring (bicyclic) bond motifs is 3. The van der Waals surface area contributed by atoms with Crippen molar-refractivity contribution in [1.29, 1.82) is 0 Å². The highest BCUT2D eigenvalue weighted by molar-refractivity contribution is 6.12. The van der Waals surface area contributed by atoms with E-state index in [9.17, 15) is 52.7 Å². The van der Waals surface area contributed by atoms with Gasteiger partial charge in [-0.25, -0.2) is 15.0 Å². The summed E-state index contributed by atoms with van der Waals surface area (Å²) in [6.45, 7) is 0. The first-order chi connectivity index (χ1) is 33.7. The van der Waals surface area contributed by atoms with E-state index in [4.69, 9.17) is 15.0 Å². The standard InChI is InChI=1S/C54H29F12N5/c55-51(56,57)37-21-35(22-38(28-37)52(58,59)60)32-14-17-45-41(25-32)42-26-33(36-23-39(53(61,62)63)29-40(24-36)54(64,65)66)15-18-46(42)71(45)47-19-16-34(44-13-7-8-20-67-44)27-43(47)50-69-48(30-9-3-1-4-10-30)68-49(70-50)31-11-5-2-6-12-31/h1-29H. The second-order valence-electron chi connectivity index (χ2n) is 16.4. The van der Waals surface area contributed by atoms with Gasteiger partial charge in [-0.2, -0.15) is 52.7 Å². The van der Waals surface area contributed by atoms with Gasteiger partial charge < -0.3 is 4.57 Å². The molecule has 0 aliphatic heterocycles. The number of pyridine rings is 1. The van der Waals surface area contributed by atoms with Crippen LogP contribution in [0.15, 0.2) is 176 Å². The molecule has 3 aromatic heterocycles. The van der Waals surface area contributed by atoms with Crippen LogP contribution in [-0.4, -0.2) is 24.5 Å². The van der Waals surface area contributed by atoms with E-state index in [-0.39, 0.29) is 50.9 Å². The molecule has 7 aromatic carbocycles. The largest absolute Gasteiger partial charge is 0.416 e. The van der Waals surface area contributed by atoms with Crippen LogP contribution in [0.4, 0.5) is 52.7 Å². The number of alkyl halides is 12. The maximum atomic E-state index is 14.1. The fraction of sp³-hybridized carbons (Fsp3) is 0.0741. The predicted octanol–water partition coefficient (Wildman–Crippen LogP) is 16.4. The van der Waals surface area contributed by atoms with Crippen LogP contribution >= 0.6 is 0 Å². The zero-order chi connectivity index (χ0) is 50.0. The first kappa shape index (κ1) is 46.4. The highest BCUT2D eigenvalue weighted by atomic mass is 19.4. The van der Waals surface area contributed by atoms with Crippen molar-refractivity contribution in [1.82, 2.24) is 24.5 Å². The molecule has 0 unspecified atom stereocenters. The number of rotatable bonds is 7. The molecule has 71 heavy (non-hydrogen) atoms. The summed E-state index contributed by atoms with van der Waals surface area (Å²) in [6.07, 6.45) is -19.1. The van der Waals surface area contributed by atoms with Gasteiger partial charge in [0.15, 0.2) is 17.5 Å². The van der Waals surface area contributed by atoms with Crippen LogP contribution in [0.3, 0.4) is 0 Å². The van der Waals surface area contributed by atoms with Crippen LogP contribution in [0, 0.1) is 0 Å². The Labute approximate surface area is 394 Å². The van der Waals surface area contributed by atoms with Crippen molar-refractivity contribution in [2.75, 3.05) is 0 Å². The van der Waals surface area contributed by atoms with Crippen molar-refractivity contribution in [2.45, 2.75) is 24.7 Å². The second kappa shape index (κ2) is 17.3. The van der Waals surface area contributed by atoms with E-state index < -0.39 is 58.1 Å². The van der Waals surface area contributed by atoms with Gasteiger partial charge in [-0.05, 0) is 107 Å². The summed E-state index contributed by atoms with van der Waals surface area (Å²) in [4.78, 5) is 19.3. The lowest BCUT2D eigenvalue weighted by Gasteiger charge is -2.17. The van der Waals surface area contributed by atoms with E-state index in [1.165, 1.54) is 36.4 Å². The number of halogens is 12. The van der Waals surface area contributed by atoms with Gasteiger partial charge in [-0.1, -0.05) is 84.9 Å². The molecule has 0 saturated heterocycles. The fourth-order valence-corrected chi connectivity index (χ4v) is 8.42. The summed E-state index contributed by atoms with van der Waals surface area (Å²) in [6, 6.07) is 39.1. The van der Waals surface area contributed by atoms with E-state index in [2.05, 4.69) is 4.98 Å². The zero-order valence-corrected chi connectivity index (χ0v) is 36.0. The fourth-order valence-electron chi connectivity index (χ4n) is 8.42. The maximum absolute atomic E-state index is 14.1. The molecule has 0 aliphatic carbocycles. The van der Waals surface area contributed by atoms with Crippen molar-refractivity contribution >= 4 is 21.8 Å². The first-order valence-electron chi connectivity index (χ1n) is 21.3. The van der Waals surface area contributed by atoms with Crippen LogP contribution in [0.2, 0.25) is 0 Å². The topological polar surface area (TPSA) is 56.5 Å². The minimum absolute atomic E-state index is 0.00576. The SMILES string of the molecule is FC(F)(F)c1cc(-c2ccc3c(c2)c2cc(-c4cc(C(F)(F)F)cc(C(F)(F)F)c4)ccc2n3-c2ccc(-c3ccccn3)cc2-c2nc(-c3ccccc3)nc(-c3ccccc3)n2)cc(C(F)(F)F)c1. The van der Waals surface area contributed by atoms with Crippen molar-refractivity contribution in [3.05, 3.63) is 198 Å². The quantitative estimate of drug-likeness (QED) is 0.149. The second-order valence-corrected chi connectivity index (χ2v) is 16.4. The molecule has 5 nitrogen and oxygen atoms in total. The summed E-state index contributed by atoms with van der Waals surface area (Å²) in [7, 11) is 0.